The predicted molar refractivity (Wildman–Crippen MR) is 45.8 cm³/mol. The van der Waals surface area contributed by atoms with Crippen molar-refractivity contribution in [2.75, 3.05) is 7.11 Å². The Labute approximate surface area is 68.4 Å². The van der Waals surface area contributed by atoms with Crippen molar-refractivity contribution in [3.05, 3.63) is 22.6 Å². The quantitative estimate of drug-likeness (QED) is 0.429. The highest BCUT2D eigenvalue weighted by Gasteiger charge is 2.02. The normalized spacial score (nSPS) is 11.8. The Kier molecular flexibility index (Phi) is 3.79. The van der Waals surface area contributed by atoms with Crippen LogP contribution in [0.4, 0.5) is 0 Å². The Morgan fingerprint density at radius 2 is 2.20 bits per heavy atom. The van der Waals surface area contributed by atoms with Gasteiger partial charge in [0.15, 0.2) is 11.6 Å². The molecule has 10 heavy (non-hydrogen) atoms. The average Bonchev–Trinajstić information content (AvgIpc) is 1.88. The van der Waals surface area contributed by atoms with Gasteiger partial charge in [-0.2, -0.15) is 0 Å². The summed E-state index contributed by atoms with van der Waals surface area (Å²) in [5.41, 5.74) is 5.36. The van der Waals surface area contributed by atoms with Crippen molar-refractivity contribution in [3.8, 4) is 0 Å². The molecule has 0 saturated heterocycles. The van der Waals surface area contributed by atoms with E-state index < -0.39 is 0 Å². The molecule has 0 saturated carbocycles. The van der Waals surface area contributed by atoms with Gasteiger partial charge < -0.3 is 10.5 Å². The van der Waals surface area contributed by atoms with Crippen molar-refractivity contribution in [1.29, 1.82) is 0 Å². The van der Waals surface area contributed by atoms with Gasteiger partial charge in [0, 0.05) is 0 Å². The van der Waals surface area contributed by atoms with Gasteiger partial charge in [0.1, 0.15) is 0 Å². The smallest absolute Gasteiger partial charge is 0.174 e. The highest BCUT2D eigenvalue weighted by Crippen LogP contribution is 2.16. The van der Waals surface area contributed by atoms with Gasteiger partial charge in [0.05, 0.1) is 11.6 Å². The van der Waals surface area contributed by atoms with Gasteiger partial charge in [-0.05, 0) is 22.6 Å². The number of hydrogen-bond donors (Lipinski definition) is 1. The molecular formula is C6H9BrN2O. The van der Waals surface area contributed by atoms with Gasteiger partial charge >= 0.3 is 0 Å². The Bertz CT molecular complexity index is 186. The van der Waals surface area contributed by atoms with E-state index in [9.17, 15) is 0 Å². The molecule has 0 amide bonds. The van der Waals surface area contributed by atoms with Crippen molar-refractivity contribution in [2.24, 2.45) is 10.7 Å². The molecule has 0 aromatic rings. The minimum Gasteiger partial charge on any atom is -0.492 e. The third-order valence-electron chi connectivity index (χ3n) is 0.853. The van der Waals surface area contributed by atoms with Gasteiger partial charge in [-0.3, -0.25) is 0 Å². The fraction of sp³-hybridized carbons (Fsp3) is 0.167. The number of nitrogens with two attached hydrogens (primary N) is 1. The Morgan fingerprint density at radius 3 is 2.30 bits per heavy atom. The van der Waals surface area contributed by atoms with Crippen molar-refractivity contribution in [2.45, 2.75) is 0 Å². The van der Waals surface area contributed by atoms with E-state index in [1.807, 2.05) is 0 Å². The predicted octanol–water partition coefficient (Wildman–Crippen LogP) is 1.37. The summed E-state index contributed by atoms with van der Waals surface area (Å²) in [6.45, 7) is 6.80. The number of hydrogen-bond acceptors (Lipinski definition) is 3. The summed E-state index contributed by atoms with van der Waals surface area (Å²) in [4.78, 5) is 3.47. The summed E-state index contributed by atoms with van der Waals surface area (Å²) in [6, 6.07) is 0. The molecule has 0 radical (unpaired) electrons. The Morgan fingerprint density at radius 1 is 1.70 bits per heavy atom. The van der Waals surface area contributed by atoms with Gasteiger partial charge in [-0.1, -0.05) is 6.58 Å². The van der Waals surface area contributed by atoms with Crippen LogP contribution in [-0.2, 0) is 4.74 Å². The first-order valence-corrected chi connectivity index (χ1v) is 3.28. The molecule has 0 fully saturated rings. The van der Waals surface area contributed by atoms with Crippen LogP contribution >= 0.6 is 15.9 Å². The third-order valence-corrected chi connectivity index (χ3v) is 1.21. The molecule has 2 N–H and O–H groups in total. The number of aliphatic imine (C=N–C) groups is 1. The standard InChI is InChI=1S/C6H9BrN2O/c1-4(7)5(10-3)6(8)9-2/h1-2,8H2,3H3/b6-5+. The maximum absolute atomic E-state index is 5.36. The van der Waals surface area contributed by atoms with E-state index in [-0.39, 0.29) is 5.82 Å². The summed E-state index contributed by atoms with van der Waals surface area (Å²) in [5, 5.41) is 0. The van der Waals surface area contributed by atoms with Crippen LogP contribution in [0.2, 0.25) is 0 Å². The second-order valence-corrected chi connectivity index (χ2v) is 2.44. The monoisotopic (exact) mass is 204 g/mol. The van der Waals surface area contributed by atoms with E-state index in [4.69, 9.17) is 10.5 Å². The fourth-order valence-corrected chi connectivity index (χ4v) is 0.791. The van der Waals surface area contributed by atoms with Crippen LogP contribution in [0.25, 0.3) is 0 Å². The molecule has 0 atom stereocenters. The third kappa shape index (κ3) is 2.23. The number of methoxy groups -OCH3 is 1. The molecule has 0 aromatic carbocycles. The second-order valence-electron chi connectivity index (χ2n) is 1.48. The van der Waals surface area contributed by atoms with Crippen molar-refractivity contribution < 1.29 is 4.74 Å². The molecule has 3 nitrogen and oxygen atoms in total. The zero-order chi connectivity index (χ0) is 8.15. The summed E-state index contributed by atoms with van der Waals surface area (Å²) in [6.07, 6.45) is 0. The molecule has 0 heterocycles. The fourth-order valence-electron chi connectivity index (χ4n) is 0.426. The van der Waals surface area contributed by atoms with Crippen LogP contribution in [0.5, 0.6) is 0 Å². The van der Waals surface area contributed by atoms with E-state index in [1.165, 1.54) is 7.11 Å². The molecular weight excluding hydrogens is 196 g/mol. The lowest BCUT2D eigenvalue weighted by molar-refractivity contribution is 0.300. The van der Waals surface area contributed by atoms with Crippen molar-refractivity contribution in [1.82, 2.24) is 0 Å². The van der Waals surface area contributed by atoms with Crippen LogP contribution < -0.4 is 5.73 Å². The van der Waals surface area contributed by atoms with Crippen LogP contribution in [0, 0.1) is 0 Å². The van der Waals surface area contributed by atoms with Gasteiger partial charge in [0.2, 0.25) is 0 Å². The van der Waals surface area contributed by atoms with E-state index in [1.54, 1.807) is 0 Å². The number of nitrogens with zero attached hydrogens (tertiary/aromatic N) is 1. The first kappa shape index (κ1) is 9.23. The van der Waals surface area contributed by atoms with Gasteiger partial charge in [-0.15, -0.1) is 0 Å². The van der Waals surface area contributed by atoms with Gasteiger partial charge in [-0.25, -0.2) is 4.99 Å². The molecule has 0 unspecified atom stereocenters. The number of ether oxygens (including phenoxy) is 1. The summed E-state index contributed by atoms with van der Waals surface area (Å²) >= 11 is 3.10. The lowest BCUT2D eigenvalue weighted by atomic mass is 10.5. The molecule has 0 bridgehead atoms. The van der Waals surface area contributed by atoms with Crippen LogP contribution in [0.15, 0.2) is 27.6 Å². The zero-order valence-electron chi connectivity index (χ0n) is 5.72. The van der Waals surface area contributed by atoms with E-state index in [0.717, 1.165) is 0 Å². The zero-order valence-corrected chi connectivity index (χ0v) is 7.31. The molecule has 0 rings (SSSR count). The van der Waals surface area contributed by atoms with Crippen molar-refractivity contribution in [3.63, 3.8) is 0 Å². The topological polar surface area (TPSA) is 47.6 Å². The van der Waals surface area contributed by atoms with Crippen LogP contribution in [-0.4, -0.2) is 13.8 Å². The maximum atomic E-state index is 5.36. The molecule has 0 aliphatic heterocycles. The Hall–Kier alpha value is -0.770. The van der Waals surface area contributed by atoms with Crippen LogP contribution in [0.1, 0.15) is 0 Å². The highest BCUT2D eigenvalue weighted by atomic mass is 79.9. The molecule has 4 heteroatoms. The molecule has 56 valence electrons. The summed E-state index contributed by atoms with van der Waals surface area (Å²) in [5.74, 6) is 0.638. The number of rotatable bonds is 3. The minimum atomic E-state index is 0.226. The number of halogens is 1. The second kappa shape index (κ2) is 4.11. The van der Waals surface area contributed by atoms with Crippen LogP contribution in [0.3, 0.4) is 0 Å². The average molecular weight is 205 g/mol. The Balaban J connectivity index is 4.62. The summed E-state index contributed by atoms with van der Waals surface area (Å²) in [7, 11) is 1.49. The molecule has 0 aliphatic rings. The number of allylic oxidation sites excluding steroid dienone is 1. The summed E-state index contributed by atoms with van der Waals surface area (Å²) < 4.78 is 5.39. The molecule has 0 aliphatic carbocycles. The lowest BCUT2D eigenvalue weighted by Gasteiger charge is -2.03. The largest absolute Gasteiger partial charge is 0.492 e. The maximum Gasteiger partial charge on any atom is 0.174 e. The molecule has 0 spiro atoms. The first-order valence-electron chi connectivity index (χ1n) is 2.48. The van der Waals surface area contributed by atoms with E-state index in [2.05, 4.69) is 34.2 Å². The lowest BCUT2D eigenvalue weighted by Crippen LogP contribution is -2.00. The van der Waals surface area contributed by atoms with Gasteiger partial charge in [0.25, 0.3) is 0 Å². The SMILES string of the molecule is C=N/C(N)=C(/OC)C(=C)Br. The van der Waals surface area contributed by atoms with E-state index in [0.29, 0.717) is 10.2 Å². The molecule has 0 aromatic heterocycles. The highest BCUT2D eigenvalue weighted by molar-refractivity contribution is 9.11. The first-order chi connectivity index (χ1) is 4.63. The van der Waals surface area contributed by atoms with E-state index >= 15 is 0 Å². The minimum absolute atomic E-state index is 0.226. The van der Waals surface area contributed by atoms with Crippen molar-refractivity contribution >= 4 is 22.6 Å².